The topological polar surface area (TPSA) is 63.1 Å². The van der Waals surface area contributed by atoms with Gasteiger partial charge in [0.25, 0.3) is 0 Å². The molecule has 51 heavy (non-hydrogen) atoms. The summed E-state index contributed by atoms with van der Waals surface area (Å²) < 4.78 is 1.36. The molecule has 273 valence electrons. The molecule has 6 rings (SSSR count). The first-order chi connectivity index (χ1) is 23.6. The molecule has 0 spiro atoms. The van der Waals surface area contributed by atoms with Gasteiger partial charge in [-0.3, -0.25) is 9.78 Å². The molecule has 0 bridgehead atoms. The molecule has 1 aliphatic rings. The standard InChI is InChI=1S/C30H27N2S.C15H28O2.Ir/c1-17(2)15-19-13-14-20-24(16-19)31-18(3)32-28(20)22-10-8-11-23-26(22)30(4,5)27-21-9-6-7-12-25(21)33-29(23)27;1-7-14(5,8-2)12(16)11-13(17)15(6,9-3)10-4;/h6-9,11-14,16-17H,15H2,1-5H3;11,16H,7-10H2,1-6H3;/q-1;;/b;12-11-;. The average Bonchev–Trinajstić information content (AvgIpc) is 3.60. The van der Waals surface area contributed by atoms with E-state index in [0.717, 1.165) is 60.1 Å². The van der Waals surface area contributed by atoms with Crippen LogP contribution in [0.5, 0.6) is 0 Å². The van der Waals surface area contributed by atoms with Crippen molar-refractivity contribution in [1.29, 1.82) is 0 Å². The summed E-state index contributed by atoms with van der Waals surface area (Å²) in [6, 6.07) is 23.4. The molecule has 0 aliphatic heterocycles. The molecule has 0 saturated heterocycles. The van der Waals surface area contributed by atoms with E-state index in [1.54, 1.807) is 0 Å². The number of thiophene rings is 1. The van der Waals surface area contributed by atoms with E-state index in [1.165, 1.54) is 43.3 Å². The predicted octanol–water partition coefficient (Wildman–Crippen LogP) is 12.8. The number of carbonyl (C=O) groups is 1. The van der Waals surface area contributed by atoms with Crippen LogP contribution in [0.1, 0.15) is 117 Å². The molecule has 6 heteroatoms. The SMILES string of the molecule is CCC(C)(CC)C(=O)/C=C(\O)C(C)(CC)CC.Cc1nc(-c2[c-]ccc3c2C(C)(C)c2c-3sc3ccccc23)c2ccc(CC(C)C)cc2n1.[Ir]. The molecule has 0 saturated carbocycles. The van der Waals surface area contributed by atoms with Crippen molar-refractivity contribution in [3.8, 4) is 21.7 Å². The third-order valence-electron chi connectivity index (χ3n) is 11.4. The van der Waals surface area contributed by atoms with Crippen LogP contribution in [0.2, 0.25) is 0 Å². The number of allylic oxidation sites excluding steroid dienone is 2. The van der Waals surface area contributed by atoms with Crippen LogP contribution in [-0.4, -0.2) is 20.9 Å². The molecular formula is C45H55IrN2O2S-. The second-order valence-electron chi connectivity index (χ2n) is 15.6. The molecule has 2 heterocycles. The minimum atomic E-state index is -0.337. The van der Waals surface area contributed by atoms with Crippen molar-refractivity contribution in [2.75, 3.05) is 0 Å². The zero-order valence-electron chi connectivity index (χ0n) is 32.4. The second-order valence-corrected chi connectivity index (χ2v) is 16.6. The Morgan fingerprint density at radius 2 is 1.57 bits per heavy atom. The number of aliphatic hydroxyl groups excluding tert-OH is 1. The maximum Gasteiger partial charge on any atom is 0.164 e. The van der Waals surface area contributed by atoms with Crippen LogP contribution in [0, 0.1) is 29.7 Å². The van der Waals surface area contributed by atoms with Gasteiger partial charge in [-0.25, -0.2) is 4.98 Å². The van der Waals surface area contributed by atoms with Crippen molar-refractivity contribution in [3.05, 3.63) is 95.0 Å². The van der Waals surface area contributed by atoms with Crippen molar-refractivity contribution in [2.45, 2.75) is 114 Å². The van der Waals surface area contributed by atoms with Gasteiger partial charge in [0.05, 0.1) is 5.52 Å². The summed E-state index contributed by atoms with van der Waals surface area (Å²) in [5.41, 5.74) is 7.83. The van der Waals surface area contributed by atoms with E-state index in [2.05, 4.69) is 88.4 Å². The summed E-state index contributed by atoms with van der Waals surface area (Å²) in [7, 11) is 0. The van der Waals surface area contributed by atoms with E-state index in [1.807, 2.05) is 59.8 Å². The first-order valence-electron chi connectivity index (χ1n) is 18.4. The Balaban J connectivity index is 0.000000279. The van der Waals surface area contributed by atoms with Crippen molar-refractivity contribution < 1.29 is 30.0 Å². The van der Waals surface area contributed by atoms with Gasteiger partial charge in [0.2, 0.25) is 0 Å². The molecule has 1 aliphatic carbocycles. The molecule has 1 radical (unpaired) electrons. The normalized spacial score (nSPS) is 13.8. The van der Waals surface area contributed by atoms with E-state index in [0.29, 0.717) is 5.92 Å². The van der Waals surface area contributed by atoms with Crippen molar-refractivity contribution in [3.63, 3.8) is 0 Å². The first kappa shape index (κ1) is 40.6. The minimum Gasteiger partial charge on any atom is -0.512 e. The van der Waals surface area contributed by atoms with Gasteiger partial charge in [0.1, 0.15) is 11.6 Å². The average molecular weight is 880 g/mol. The summed E-state index contributed by atoms with van der Waals surface area (Å²) in [4.78, 5) is 23.4. The summed E-state index contributed by atoms with van der Waals surface area (Å²) in [6.45, 7) is 23.3. The Bertz CT molecular complexity index is 2060. The van der Waals surface area contributed by atoms with E-state index in [4.69, 9.17) is 9.97 Å². The zero-order valence-corrected chi connectivity index (χ0v) is 35.6. The van der Waals surface area contributed by atoms with Crippen molar-refractivity contribution in [1.82, 2.24) is 9.97 Å². The number of fused-ring (bicyclic) bond motifs is 6. The number of aromatic nitrogens is 2. The number of hydrogen-bond acceptors (Lipinski definition) is 5. The van der Waals surface area contributed by atoms with E-state index >= 15 is 0 Å². The fourth-order valence-electron chi connectivity index (χ4n) is 7.27. The molecule has 0 fully saturated rings. The van der Waals surface area contributed by atoms with Crippen LogP contribution >= 0.6 is 11.3 Å². The van der Waals surface area contributed by atoms with Crippen molar-refractivity contribution >= 4 is 38.1 Å². The summed E-state index contributed by atoms with van der Waals surface area (Å²) in [5, 5.41) is 12.6. The number of aryl methyl sites for hydroxylation is 1. The monoisotopic (exact) mass is 880 g/mol. The number of hydrogen-bond donors (Lipinski definition) is 1. The van der Waals surface area contributed by atoms with E-state index in [-0.39, 0.29) is 47.9 Å². The molecule has 2 aromatic heterocycles. The smallest absolute Gasteiger partial charge is 0.164 e. The Labute approximate surface area is 323 Å². The number of carbonyl (C=O) groups excluding carboxylic acids is 1. The molecule has 3 aromatic carbocycles. The number of nitrogens with zero attached hydrogens (tertiary/aromatic N) is 2. The van der Waals surface area contributed by atoms with Gasteiger partial charge in [-0.15, -0.1) is 40.7 Å². The number of aliphatic hydroxyl groups is 1. The zero-order chi connectivity index (χ0) is 36.6. The molecular weight excluding hydrogens is 825 g/mol. The molecule has 0 amide bonds. The van der Waals surface area contributed by atoms with Crippen LogP contribution in [-0.2, 0) is 36.7 Å². The van der Waals surface area contributed by atoms with E-state index < -0.39 is 0 Å². The third kappa shape index (κ3) is 7.66. The summed E-state index contributed by atoms with van der Waals surface area (Å²) in [5.74, 6) is 1.71. The van der Waals surface area contributed by atoms with Gasteiger partial charge < -0.3 is 5.11 Å². The van der Waals surface area contributed by atoms with Gasteiger partial charge in [-0.2, -0.15) is 0 Å². The first-order valence-corrected chi connectivity index (χ1v) is 19.3. The van der Waals surface area contributed by atoms with Gasteiger partial charge >= 0.3 is 0 Å². The maximum atomic E-state index is 12.2. The second kappa shape index (κ2) is 15.8. The Kier molecular flexibility index (Phi) is 12.6. The van der Waals surface area contributed by atoms with Gasteiger partial charge in [0.15, 0.2) is 5.78 Å². The summed E-state index contributed by atoms with van der Waals surface area (Å²) in [6.07, 6.45) is 5.81. The Morgan fingerprint density at radius 3 is 2.20 bits per heavy atom. The van der Waals surface area contributed by atoms with Crippen LogP contribution in [0.25, 0.3) is 42.7 Å². The number of rotatable bonds is 10. The Morgan fingerprint density at radius 1 is 0.922 bits per heavy atom. The summed E-state index contributed by atoms with van der Waals surface area (Å²) >= 11 is 1.90. The predicted molar refractivity (Wildman–Crippen MR) is 213 cm³/mol. The van der Waals surface area contributed by atoms with Crippen LogP contribution < -0.4 is 0 Å². The largest absolute Gasteiger partial charge is 0.512 e. The third-order valence-corrected chi connectivity index (χ3v) is 12.6. The van der Waals surface area contributed by atoms with Gasteiger partial charge in [0, 0.05) is 46.6 Å². The number of benzene rings is 3. The molecule has 0 unspecified atom stereocenters. The van der Waals surface area contributed by atoms with Gasteiger partial charge in [-0.05, 0) is 90.1 Å². The fraction of sp³-hybridized carbons (Fsp3) is 0.444. The fourth-order valence-corrected chi connectivity index (χ4v) is 8.66. The van der Waals surface area contributed by atoms with Crippen LogP contribution in [0.15, 0.2) is 66.4 Å². The van der Waals surface area contributed by atoms with Gasteiger partial charge in [-0.1, -0.05) is 105 Å². The van der Waals surface area contributed by atoms with E-state index in [9.17, 15) is 9.90 Å². The van der Waals surface area contributed by atoms with Crippen LogP contribution in [0.4, 0.5) is 0 Å². The maximum absolute atomic E-state index is 12.2. The molecule has 4 nitrogen and oxygen atoms in total. The van der Waals surface area contributed by atoms with Crippen LogP contribution in [0.3, 0.4) is 0 Å². The quantitative estimate of drug-likeness (QED) is 0.0862. The molecule has 0 atom stereocenters. The number of ketones is 1. The molecule has 1 N–H and O–H groups in total. The minimum absolute atomic E-state index is 0. The Hall–Kier alpha value is -3.18. The van der Waals surface area contributed by atoms with Crippen molar-refractivity contribution in [2.24, 2.45) is 16.7 Å². The molecule has 5 aromatic rings.